The lowest BCUT2D eigenvalue weighted by atomic mass is 10.4. The van der Waals surface area contributed by atoms with Crippen LogP contribution in [-0.4, -0.2) is 39.5 Å². The summed E-state index contributed by atoms with van der Waals surface area (Å²) < 4.78 is 0. The number of rotatable bonds is 2. The molecule has 1 aromatic rings. The number of aromatic nitrogens is 2. The molecule has 72 valence electrons. The highest BCUT2D eigenvalue weighted by atomic mass is 33.1. The molecule has 0 saturated carbocycles. The molecule has 3 nitrogen and oxygen atoms in total. The second-order valence-electron chi connectivity index (χ2n) is 3.00. The summed E-state index contributed by atoms with van der Waals surface area (Å²) in [5, 5.41) is 0. The molecule has 2 heterocycles. The average molecular weight is 215 g/mol. The molecule has 0 radical (unpaired) electrons. The van der Waals surface area contributed by atoms with Crippen molar-refractivity contribution in [3.8, 4) is 0 Å². The molecule has 2 rings (SSSR count). The molecule has 1 aliphatic rings. The third-order valence-corrected chi connectivity index (χ3v) is 4.38. The van der Waals surface area contributed by atoms with E-state index in [0.717, 1.165) is 6.54 Å². The van der Waals surface area contributed by atoms with Gasteiger partial charge in [-0.25, -0.2) is 4.98 Å². The van der Waals surface area contributed by atoms with Crippen LogP contribution in [-0.2, 0) is 6.54 Å². The van der Waals surface area contributed by atoms with Crippen molar-refractivity contribution in [1.82, 2.24) is 14.9 Å². The van der Waals surface area contributed by atoms with Gasteiger partial charge in [-0.15, -0.1) is 0 Å². The van der Waals surface area contributed by atoms with Crippen molar-refractivity contribution in [2.24, 2.45) is 0 Å². The molecule has 0 spiro atoms. The molecule has 0 aromatic carbocycles. The molecular formula is C8H13N3S2. The quantitative estimate of drug-likeness (QED) is 0.760. The highest BCUT2D eigenvalue weighted by Crippen LogP contribution is 2.24. The summed E-state index contributed by atoms with van der Waals surface area (Å²) in [6.45, 7) is 3.40. The molecule has 1 fully saturated rings. The first-order valence-electron chi connectivity index (χ1n) is 4.39. The number of nitrogens with one attached hydrogen (secondary N) is 1. The summed E-state index contributed by atoms with van der Waals surface area (Å²) >= 11 is 0. The zero-order valence-corrected chi connectivity index (χ0v) is 9.03. The third kappa shape index (κ3) is 2.93. The van der Waals surface area contributed by atoms with Crippen LogP contribution in [0.2, 0.25) is 0 Å². The van der Waals surface area contributed by atoms with Crippen molar-refractivity contribution in [1.29, 1.82) is 0 Å². The van der Waals surface area contributed by atoms with Crippen molar-refractivity contribution in [3.05, 3.63) is 18.2 Å². The van der Waals surface area contributed by atoms with Crippen molar-refractivity contribution in [2.75, 3.05) is 24.6 Å². The van der Waals surface area contributed by atoms with Crippen molar-refractivity contribution in [3.63, 3.8) is 0 Å². The van der Waals surface area contributed by atoms with Crippen LogP contribution >= 0.6 is 21.6 Å². The van der Waals surface area contributed by atoms with Gasteiger partial charge in [-0.3, -0.25) is 4.90 Å². The van der Waals surface area contributed by atoms with E-state index in [1.54, 1.807) is 6.33 Å². The zero-order chi connectivity index (χ0) is 8.93. The Hall–Kier alpha value is -0.130. The Balaban J connectivity index is 1.86. The zero-order valence-electron chi connectivity index (χ0n) is 7.40. The first kappa shape index (κ1) is 9.43. The van der Waals surface area contributed by atoms with E-state index in [0.29, 0.717) is 0 Å². The van der Waals surface area contributed by atoms with Crippen LogP contribution in [0.25, 0.3) is 0 Å². The van der Waals surface area contributed by atoms with Crippen LogP contribution in [0.1, 0.15) is 5.69 Å². The minimum atomic E-state index is 1.02. The average Bonchev–Trinajstić information content (AvgIpc) is 2.49. The molecule has 0 unspecified atom stereocenters. The first-order valence-corrected chi connectivity index (χ1v) is 6.88. The predicted octanol–water partition coefficient (Wildman–Crippen LogP) is 1.61. The Morgan fingerprint density at radius 1 is 1.38 bits per heavy atom. The Bertz CT molecular complexity index is 230. The van der Waals surface area contributed by atoms with Crippen LogP contribution in [0.4, 0.5) is 0 Å². The van der Waals surface area contributed by atoms with Gasteiger partial charge in [-0.2, -0.15) is 0 Å². The number of aromatic amines is 1. The van der Waals surface area contributed by atoms with Gasteiger partial charge < -0.3 is 4.98 Å². The lowest BCUT2D eigenvalue weighted by Crippen LogP contribution is -2.26. The van der Waals surface area contributed by atoms with Crippen LogP contribution in [0, 0.1) is 0 Å². The fourth-order valence-electron chi connectivity index (χ4n) is 1.33. The number of H-pyrrole nitrogens is 1. The largest absolute Gasteiger partial charge is 0.347 e. The summed E-state index contributed by atoms with van der Waals surface area (Å²) in [6, 6.07) is 0. The molecule has 1 N–H and O–H groups in total. The summed E-state index contributed by atoms with van der Waals surface area (Å²) in [5.41, 5.74) is 1.22. The monoisotopic (exact) mass is 215 g/mol. The molecule has 1 aliphatic heterocycles. The molecule has 0 aliphatic carbocycles. The summed E-state index contributed by atoms with van der Waals surface area (Å²) in [4.78, 5) is 9.63. The second kappa shape index (κ2) is 4.93. The van der Waals surface area contributed by atoms with Crippen LogP contribution < -0.4 is 0 Å². The van der Waals surface area contributed by atoms with Gasteiger partial charge in [0.25, 0.3) is 0 Å². The molecular weight excluding hydrogens is 202 g/mol. The van der Waals surface area contributed by atoms with E-state index in [2.05, 4.69) is 14.9 Å². The maximum atomic E-state index is 4.02. The first-order chi connectivity index (χ1) is 6.45. The Morgan fingerprint density at radius 3 is 2.77 bits per heavy atom. The van der Waals surface area contributed by atoms with Gasteiger partial charge in [0.05, 0.1) is 6.33 Å². The van der Waals surface area contributed by atoms with Gasteiger partial charge in [0.1, 0.15) is 0 Å². The molecule has 0 amide bonds. The second-order valence-corrected chi connectivity index (χ2v) is 5.70. The van der Waals surface area contributed by atoms with Gasteiger partial charge in [-0.05, 0) is 0 Å². The number of nitrogens with zero attached hydrogens (tertiary/aromatic N) is 2. The molecule has 1 saturated heterocycles. The van der Waals surface area contributed by atoms with Crippen LogP contribution in [0.15, 0.2) is 12.5 Å². The maximum absolute atomic E-state index is 4.02. The van der Waals surface area contributed by atoms with E-state index >= 15 is 0 Å². The van der Waals surface area contributed by atoms with E-state index < -0.39 is 0 Å². The van der Waals surface area contributed by atoms with Crippen LogP contribution in [0.5, 0.6) is 0 Å². The van der Waals surface area contributed by atoms with Gasteiger partial charge in [-0.1, -0.05) is 21.6 Å². The topological polar surface area (TPSA) is 31.9 Å². The van der Waals surface area contributed by atoms with Gasteiger partial charge in [0.15, 0.2) is 0 Å². The van der Waals surface area contributed by atoms with E-state index in [4.69, 9.17) is 0 Å². The summed E-state index contributed by atoms with van der Waals surface area (Å²) in [7, 11) is 3.96. The fraction of sp³-hybridized carbons (Fsp3) is 0.625. The van der Waals surface area contributed by atoms with Crippen molar-refractivity contribution in [2.45, 2.75) is 6.54 Å². The maximum Gasteiger partial charge on any atom is 0.0922 e. The number of hydrogen-bond acceptors (Lipinski definition) is 4. The SMILES string of the molecule is c1ncc(CN2CCSSCC2)[nH]1. The van der Waals surface area contributed by atoms with E-state index in [1.807, 2.05) is 27.8 Å². The molecule has 1 aromatic heterocycles. The summed E-state index contributed by atoms with van der Waals surface area (Å²) in [6.07, 6.45) is 3.65. The normalized spacial score (nSPS) is 20.0. The summed E-state index contributed by atoms with van der Waals surface area (Å²) in [5.74, 6) is 2.47. The lowest BCUT2D eigenvalue weighted by molar-refractivity contribution is 0.299. The lowest BCUT2D eigenvalue weighted by Gasteiger charge is -2.17. The Labute approximate surface area is 86.1 Å². The highest BCUT2D eigenvalue weighted by molar-refractivity contribution is 8.76. The smallest absolute Gasteiger partial charge is 0.0922 e. The van der Waals surface area contributed by atoms with E-state index in [-0.39, 0.29) is 0 Å². The number of imidazole rings is 1. The number of hydrogen-bond donors (Lipinski definition) is 1. The third-order valence-electron chi connectivity index (χ3n) is 2.01. The van der Waals surface area contributed by atoms with Crippen LogP contribution in [0.3, 0.4) is 0 Å². The van der Waals surface area contributed by atoms with Crippen molar-refractivity contribution < 1.29 is 0 Å². The van der Waals surface area contributed by atoms with E-state index in [9.17, 15) is 0 Å². The molecule has 0 bridgehead atoms. The molecule has 13 heavy (non-hydrogen) atoms. The van der Waals surface area contributed by atoms with Gasteiger partial charge in [0.2, 0.25) is 0 Å². The highest BCUT2D eigenvalue weighted by Gasteiger charge is 2.09. The van der Waals surface area contributed by atoms with Crippen molar-refractivity contribution >= 4 is 21.6 Å². The van der Waals surface area contributed by atoms with E-state index in [1.165, 1.54) is 30.3 Å². The Kier molecular flexibility index (Phi) is 3.57. The molecule has 0 atom stereocenters. The Morgan fingerprint density at radius 2 is 2.15 bits per heavy atom. The predicted molar refractivity (Wildman–Crippen MR) is 58.8 cm³/mol. The minimum absolute atomic E-state index is 1.02. The van der Waals surface area contributed by atoms with Gasteiger partial charge >= 0.3 is 0 Å². The minimum Gasteiger partial charge on any atom is -0.347 e. The fourth-order valence-corrected chi connectivity index (χ4v) is 3.39. The molecule has 5 heteroatoms. The standard InChI is InChI=1S/C8H13N3S2/c1-3-12-13-4-2-11(1)6-8-5-9-7-10-8/h5,7H,1-4,6H2,(H,9,10). The van der Waals surface area contributed by atoms with Gasteiger partial charge in [0, 0.05) is 43.0 Å².